The third-order valence-electron chi connectivity index (χ3n) is 3.93. The molecular formula is C18H26N2O3S. The van der Waals surface area contributed by atoms with Gasteiger partial charge < -0.3 is 14.5 Å². The van der Waals surface area contributed by atoms with Crippen LogP contribution in [-0.4, -0.2) is 61.7 Å². The van der Waals surface area contributed by atoms with Gasteiger partial charge in [0.2, 0.25) is 5.91 Å². The van der Waals surface area contributed by atoms with Crippen LogP contribution in [0.3, 0.4) is 0 Å². The van der Waals surface area contributed by atoms with Crippen LogP contribution >= 0.6 is 11.8 Å². The van der Waals surface area contributed by atoms with Gasteiger partial charge in [0, 0.05) is 13.1 Å². The molecule has 132 valence electrons. The number of thioether (sulfide) groups is 1. The van der Waals surface area contributed by atoms with E-state index in [1.165, 1.54) is 7.11 Å². The maximum absolute atomic E-state index is 12.4. The third-order valence-corrected chi connectivity index (χ3v) is 5.18. The lowest BCUT2D eigenvalue weighted by atomic mass is 9.92. The fourth-order valence-electron chi connectivity index (χ4n) is 3.17. The average Bonchev–Trinajstić information content (AvgIpc) is 2.86. The number of carbonyl (C=O) groups excluding carboxylic acids is 2. The van der Waals surface area contributed by atoms with E-state index in [4.69, 9.17) is 4.74 Å². The lowest BCUT2D eigenvalue weighted by Crippen LogP contribution is -2.41. The van der Waals surface area contributed by atoms with Crippen LogP contribution < -0.4 is 0 Å². The molecule has 2 rings (SSSR count). The van der Waals surface area contributed by atoms with Crippen molar-refractivity contribution in [3.05, 3.63) is 35.4 Å². The molecule has 0 radical (unpaired) electrons. The number of rotatable bonds is 6. The second-order valence-electron chi connectivity index (χ2n) is 7.20. The summed E-state index contributed by atoms with van der Waals surface area (Å²) in [7, 11) is 5.47. The maximum Gasteiger partial charge on any atom is 0.337 e. The summed E-state index contributed by atoms with van der Waals surface area (Å²) in [6.45, 7) is 5.98. The molecule has 1 atom stereocenters. The first kappa shape index (κ1) is 18.8. The van der Waals surface area contributed by atoms with Crippen molar-refractivity contribution in [3.63, 3.8) is 0 Å². The molecule has 1 heterocycles. The highest BCUT2D eigenvalue weighted by Crippen LogP contribution is 2.40. The van der Waals surface area contributed by atoms with E-state index in [2.05, 4.69) is 18.7 Å². The largest absolute Gasteiger partial charge is 0.465 e. The van der Waals surface area contributed by atoms with Gasteiger partial charge in [-0.3, -0.25) is 4.79 Å². The van der Waals surface area contributed by atoms with Crippen LogP contribution in [0.25, 0.3) is 0 Å². The zero-order valence-corrected chi connectivity index (χ0v) is 15.9. The van der Waals surface area contributed by atoms with Crippen molar-refractivity contribution in [2.45, 2.75) is 19.2 Å². The second-order valence-corrected chi connectivity index (χ2v) is 8.27. The van der Waals surface area contributed by atoms with Gasteiger partial charge in [-0.2, -0.15) is 0 Å². The average molecular weight is 350 g/mol. The fraction of sp³-hybridized carbons (Fsp3) is 0.556. The van der Waals surface area contributed by atoms with E-state index in [-0.39, 0.29) is 22.7 Å². The molecular weight excluding hydrogens is 324 g/mol. The van der Waals surface area contributed by atoms with E-state index in [0.717, 1.165) is 12.1 Å². The lowest BCUT2D eigenvalue weighted by Gasteiger charge is -2.35. The molecule has 0 bridgehead atoms. The molecule has 1 amide bonds. The zero-order chi connectivity index (χ0) is 17.9. The van der Waals surface area contributed by atoms with E-state index >= 15 is 0 Å². The van der Waals surface area contributed by atoms with Crippen molar-refractivity contribution in [1.82, 2.24) is 9.80 Å². The van der Waals surface area contributed by atoms with Gasteiger partial charge in [0.15, 0.2) is 0 Å². The Kier molecular flexibility index (Phi) is 5.93. The summed E-state index contributed by atoms with van der Waals surface area (Å²) in [4.78, 5) is 28.0. The quantitative estimate of drug-likeness (QED) is 0.738. The van der Waals surface area contributed by atoms with Crippen molar-refractivity contribution in [1.29, 1.82) is 0 Å². The summed E-state index contributed by atoms with van der Waals surface area (Å²) >= 11 is 1.64. The highest BCUT2D eigenvalue weighted by Gasteiger charge is 2.36. The Balaban J connectivity index is 2.16. The van der Waals surface area contributed by atoms with E-state index in [9.17, 15) is 9.59 Å². The van der Waals surface area contributed by atoms with E-state index < -0.39 is 0 Å². The Bertz CT molecular complexity index is 599. The van der Waals surface area contributed by atoms with Gasteiger partial charge in [-0.25, -0.2) is 4.79 Å². The lowest BCUT2D eigenvalue weighted by molar-refractivity contribution is -0.129. The van der Waals surface area contributed by atoms with Crippen LogP contribution in [0.5, 0.6) is 0 Å². The second kappa shape index (κ2) is 7.57. The minimum atomic E-state index is -0.347. The number of benzene rings is 1. The smallest absolute Gasteiger partial charge is 0.337 e. The molecule has 1 saturated heterocycles. The molecule has 24 heavy (non-hydrogen) atoms. The normalized spacial score (nSPS) is 18.3. The van der Waals surface area contributed by atoms with Gasteiger partial charge in [0.1, 0.15) is 5.37 Å². The Labute approximate surface area is 148 Å². The van der Waals surface area contributed by atoms with Crippen molar-refractivity contribution < 1.29 is 14.3 Å². The predicted molar refractivity (Wildman–Crippen MR) is 97.0 cm³/mol. The van der Waals surface area contributed by atoms with Crippen LogP contribution in [0, 0.1) is 5.41 Å². The molecule has 1 aromatic rings. The van der Waals surface area contributed by atoms with E-state index in [0.29, 0.717) is 17.9 Å². The summed E-state index contributed by atoms with van der Waals surface area (Å²) < 4.78 is 4.73. The van der Waals surface area contributed by atoms with Crippen molar-refractivity contribution in [3.8, 4) is 0 Å². The van der Waals surface area contributed by atoms with Gasteiger partial charge in [-0.05, 0) is 37.2 Å². The van der Waals surface area contributed by atoms with Gasteiger partial charge in [-0.15, -0.1) is 11.8 Å². The molecule has 0 N–H and O–H groups in total. The SMILES string of the molecule is COC(=O)c1ccc(C2SCC(=O)N2CC(C)(C)CN(C)C)cc1. The Hall–Kier alpha value is -1.53. The molecule has 0 aromatic heterocycles. The molecule has 0 spiro atoms. The van der Waals surface area contributed by atoms with Crippen LogP contribution in [0.1, 0.15) is 35.1 Å². The van der Waals surface area contributed by atoms with Gasteiger partial charge >= 0.3 is 5.97 Å². The topological polar surface area (TPSA) is 49.9 Å². The number of esters is 1. The number of carbonyl (C=O) groups is 2. The maximum atomic E-state index is 12.4. The minimum Gasteiger partial charge on any atom is -0.465 e. The van der Waals surface area contributed by atoms with Gasteiger partial charge in [0.05, 0.1) is 18.4 Å². The number of ether oxygens (including phenoxy) is 1. The molecule has 0 saturated carbocycles. The molecule has 1 fully saturated rings. The predicted octanol–water partition coefficient (Wildman–Crippen LogP) is 2.64. The molecule has 1 aliphatic rings. The van der Waals surface area contributed by atoms with Crippen molar-refractivity contribution >= 4 is 23.6 Å². The third kappa shape index (κ3) is 4.51. The monoisotopic (exact) mass is 350 g/mol. The van der Waals surface area contributed by atoms with Gasteiger partial charge in [-0.1, -0.05) is 26.0 Å². The van der Waals surface area contributed by atoms with Crippen LogP contribution in [0.2, 0.25) is 0 Å². The number of nitrogens with zero attached hydrogens (tertiary/aromatic N) is 2. The van der Waals surface area contributed by atoms with Crippen LogP contribution in [0.15, 0.2) is 24.3 Å². The Morgan fingerprint density at radius 3 is 2.50 bits per heavy atom. The molecule has 6 heteroatoms. The molecule has 0 aliphatic carbocycles. The number of hydrogen-bond acceptors (Lipinski definition) is 5. The molecule has 1 aromatic carbocycles. The standard InChI is InChI=1S/C18H26N2O3S/c1-18(2,11-19(3)4)12-20-15(21)10-24-16(20)13-6-8-14(9-7-13)17(22)23-5/h6-9,16H,10-12H2,1-5H3. The highest BCUT2D eigenvalue weighted by molar-refractivity contribution is 8.00. The van der Waals surface area contributed by atoms with Crippen molar-refractivity contribution in [2.75, 3.05) is 40.0 Å². The summed E-state index contributed by atoms with van der Waals surface area (Å²) in [6.07, 6.45) is 0. The van der Waals surface area contributed by atoms with Gasteiger partial charge in [0.25, 0.3) is 0 Å². The molecule has 1 unspecified atom stereocenters. The number of amides is 1. The van der Waals surface area contributed by atoms with Crippen molar-refractivity contribution in [2.24, 2.45) is 5.41 Å². The first-order chi connectivity index (χ1) is 11.2. The minimum absolute atomic E-state index is 0.00522. The highest BCUT2D eigenvalue weighted by atomic mass is 32.2. The Morgan fingerprint density at radius 1 is 1.33 bits per heavy atom. The summed E-state index contributed by atoms with van der Waals surface area (Å²) in [5, 5.41) is 0.00522. The number of methoxy groups -OCH3 is 1. The van der Waals surface area contributed by atoms with E-state index in [1.807, 2.05) is 31.1 Å². The van der Waals surface area contributed by atoms with Crippen LogP contribution in [-0.2, 0) is 9.53 Å². The first-order valence-electron chi connectivity index (χ1n) is 7.97. The Morgan fingerprint density at radius 2 is 1.96 bits per heavy atom. The van der Waals surface area contributed by atoms with Crippen LogP contribution in [0.4, 0.5) is 0 Å². The zero-order valence-electron chi connectivity index (χ0n) is 15.0. The summed E-state index contributed by atoms with van der Waals surface area (Å²) in [5.41, 5.74) is 1.57. The molecule has 5 nitrogen and oxygen atoms in total. The summed E-state index contributed by atoms with van der Waals surface area (Å²) in [6, 6.07) is 7.34. The first-order valence-corrected chi connectivity index (χ1v) is 9.02. The number of hydrogen-bond donors (Lipinski definition) is 0. The van der Waals surface area contributed by atoms with E-state index in [1.54, 1.807) is 23.9 Å². The summed E-state index contributed by atoms with van der Waals surface area (Å²) in [5.74, 6) is 0.330. The molecule has 1 aliphatic heterocycles. The fourth-order valence-corrected chi connectivity index (χ4v) is 4.36.